The number of halogens is 1. The second kappa shape index (κ2) is 9.05. The van der Waals surface area contributed by atoms with E-state index in [1.807, 2.05) is 24.1 Å². The Labute approximate surface area is 178 Å². The number of nitrogens with zero attached hydrogens (tertiary/aromatic N) is 4. The van der Waals surface area contributed by atoms with Crippen LogP contribution < -0.4 is 5.32 Å². The van der Waals surface area contributed by atoms with Crippen molar-refractivity contribution in [2.45, 2.75) is 25.4 Å². The summed E-state index contributed by atoms with van der Waals surface area (Å²) in [5.41, 5.74) is 4.06. The van der Waals surface area contributed by atoms with Crippen molar-refractivity contribution in [2.75, 3.05) is 32.8 Å². The molecule has 2 atom stereocenters. The molecule has 1 aromatic carbocycles. The average molecular weight is 481 g/mol. The largest absolute Gasteiger partial charge is 0.370 e. The van der Waals surface area contributed by atoms with Crippen LogP contribution in [0.15, 0.2) is 41.7 Å². The standard InChI is InChI=1S/C20H27N5O.HI/c1-3-21-20(22-11-16-10-15-6-4-5-7-18(15)16)25-8-9-26-19(14-25)17-12-23-24(2)13-17;/h4-7,12-13,16,19H,3,8-11,14H2,1-2H3,(H,21,22);1H. The Morgan fingerprint density at radius 1 is 1.37 bits per heavy atom. The number of guanidine groups is 1. The zero-order chi connectivity index (χ0) is 17.9. The van der Waals surface area contributed by atoms with Gasteiger partial charge in [0.1, 0.15) is 6.10 Å². The molecule has 1 fully saturated rings. The number of hydrogen-bond acceptors (Lipinski definition) is 3. The molecule has 2 aromatic rings. The van der Waals surface area contributed by atoms with E-state index in [1.165, 1.54) is 11.1 Å². The first kappa shape index (κ1) is 20.1. The average Bonchev–Trinajstić information content (AvgIpc) is 3.08. The normalized spacial score (nSPS) is 21.9. The topological polar surface area (TPSA) is 54.7 Å². The van der Waals surface area contributed by atoms with Gasteiger partial charge in [0.25, 0.3) is 0 Å². The first-order valence-electron chi connectivity index (χ1n) is 9.45. The number of aliphatic imine (C=N–C) groups is 1. The molecule has 2 unspecified atom stereocenters. The lowest BCUT2D eigenvalue weighted by Crippen LogP contribution is -2.48. The highest BCUT2D eigenvalue weighted by molar-refractivity contribution is 14.0. The highest BCUT2D eigenvalue weighted by atomic mass is 127. The van der Waals surface area contributed by atoms with Crippen molar-refractivity contribution in [1.29, 1.82) is 0 Å². The van der Waals surface area contributed by atoms with Crippen LogP contribution in [0.3, 0.4) is 0 Å². The molecule has 0 spiro atoms. The minimum absolute atomic E-state index is 0. The number of fused-ring (bicyclic) bond motifs is 1. The molecule has 6 nitrogen and oxygen atoms in total. The number of aryl methyl sites for hydroxylation is 1. The molecular formula is C20H28IN5O. The molecule has 27 heavy (non-hydrogen) atoms. The molecule has 146 valence electrons. The van der Waals surface area contributed by atoms with Crippen LogP contribution in [0.25, 0.3) is 0 Å². The molecule has 1 aliphatic carbocycles. The Balaban J connectivity index is 0.00000210. The third-order valence-corrected chi connectivity index (χ3v) is 5.22. The number of ether oxygens (including phenoxy) is 1. The third kappa shape index (κ3) is 4.45. The van der Waals surface area contributed by atoms with Gasteiger partial charge in [-0.2, -0.15) is 5.10 Å². The van der Waals surface area contributed by atoms with Crippen LogP contribution in [-0.4, -0.2) is 53.4 Å². The van der Waals surface area contributed by atoms with Crippen LogP contribution in [-0.2, 0) is 18.2 Å². The van der Waals surface area contributed by atoms with E-state index in [4.69, 9.17) is 9.73 Å². The van der Waals surface area contributed by atoms with Gasteiger partial charge in [-0.15, -0.1) is 24.0 Å². The highest BCUT2D eigenvalue weighted by Crippen LogP contribution is 2.34. The second-order valence-electron chi connectivity index (χ2n) is 7.05. The predicted octanol–water partition coefficient (Wildman–Crippen LogP) is 2.72. The maximum atomic E-state index is 5.96. The van der Waals surface area contributed by atoms with Gasteiger partial charge in [0, 0.05) is 44.4 Å². The molecule has 4 rings (SSSR count). The molecule has 1 saturated heterocycles. The summed E-state index contributed by atoms with van der Waals surface area (Å²) in [7, 11) is 1.94. The maximum absolute atomic E-state index is 5.96. The van der Waals surface area contributed by atoms with Crippen molar-refractivity contribution in [3.63, 3.8) is 0 Å². The van der Waals surface area contributed by atoms with Gasteiger partial charge in [-0.3, -0.25) is 9.67 Å². The maximum Gasteiger partial charge on any atom is 0.194 e. The number of morpholine rings is 1. The molecule has 1 aliphatic heterocycles. The fourth-order valence-corrected chi connectivity index (χ4v) is 3.80. The summed E-state index contributed by atoms with van der Waals surface area (Å²) in [6.07, 6.45) is 5.11. The fraction of sp³-hybridized carbons (Fsp3) is 0.500. The first-order chi connectivity index (χ1) is 12.7. The van der Waals surface area contributed by atoms with Crippen LogP contribution >= 0.6 is 24.0 Å². The molecular weight excluding hydrogens is 453 g/mol. The van der Waals surface area contributed by atoms with Gasteiger partial charge in [-0.1, -0.05) is 24.3 Å². The van der Waals surface area contributed by atoms with Crippen LogP contribution in [0.2, 0.25) is 0 Å². The smallest absolute Gasteiger partial charge is 0.194 e. The van der Waals surface area contributed by atoms with Crippen molar-refractivity contribution >= 4 is 29.9 Å². The van der Waals surface area contributed by atoms with Crippen molar-refractivity contribution in [3.8, 4) is 0 Å². The van der Waals surface area contributed by atoms with E-state index >= 15 is 0 Å². The molecule has 2 heterocycles. The van der Waals surface area contributed by atoms with E-state index in [0.717, 1.165) is 44.1 Å². The number of hydrogen-bond donors (Lipinski definition) is 1. The fourth-order valence-electron chi connectivity index (χ4n) is 3.80. The van der Waals surface area contributed by atoms with E-state index in [9.17, 15) is 0 Å². The van der Waals surface area contributed by atoms with Gasteiger partial charge in [-0.25, -0.2) is 0 Å². The van der Waals surface area contributed by atoms with Gasteiger partial charge in [-0.05, 0) is 24.5 Å². The molecule has 7 heteroatoms. The van der Waals surface area contributed by atoms with Gasteiger partial charge in [0.15, 0.2) is 5.96 Å². The Kier molecular flexibility index (Phi) is 6.75. The molecule has 2 aliphatic rings. The predicted molar refractivity (Wildman–Crippen MR) is 118 cm³/mol. The summed E-state index contributed by atoms with van der Waals surface area (Å²) in [6.45, 7) is 6.20. The van der Waals surface area contributed by atoms with Gasteiger partial charge in [0.2, 0.25) is 0 Å². The summed E-state index contributed by atoms with van der Waals surface area (Å²) >= 11 is 0. The Hall–Kier alpha value is -1.61. The van der Waals surface area contributed by atoms with E-state index < -0.39 is 0 Å². The molecule has 1 N–H and O–H groups in total. The lowest BCUT2D eigenvalue weighted by molar-refractivity contribution is -0.00805. The quantitative estimate of drug-likeness (QED) is 0.415. The lowest BCUT2D eigenvalue weighted by Gasteiger charge is -2.35. The van der Waals surface area contributed by atoms with Crippen molar-refractivity contribution in [2.24, 2.45) is 12.0 Å². The van der Waals surface area contributed by atoms with Crippen LogP contribution in [0.4, 0.5) is 0 Å². The van der Waals surface area contributed by atoms with E-state index in [0.29, 0.717) is 12.5 Å². The van der Waals surface area contributed by atoms with Crippen LogP contribution in [0.5, 0.6) is 0 Å². The van der Waals surface area contributed by atoms with Gasteiger partial charge in [0.05, 0.1) is 19.3 Å². The number of rotatable bonds is 4. The Morgan fingerprint density at radius 2 is 2.22 bits per heavy atom. The lowest BCUT2D eigenvalue weighted by atomic mass is 9.78. The van der Waals surface area contributed by atoms with E-state index in [1.54, 1.807) is 0 Å². The van der Waals surface area contributed by atoms with Crippen molar-refractivity contribution in [1.82, 2.24) is 20.0 Å². The summed E-state index contributed by atoms with van der Waals surface area (Å²) in [5, 5.41) is 7.73. The SMILES string of the molecule is CCNC(=NCC1Cc2ccccc21)N1CCOC(c2cnn(C)c2)C1.I. The third-order valence-electron chi connectivity index (χ3n) is 5.22. The zero-order valence-electron chi connectivity index (χ0n) is 16.0. The summed E-state index contributed by atoms with van der Waals surface area (Å²) in [6, 6.07) is 8.70. The van der Waals surface area contributed by atoms with Crippen LogP contribution in [0, 0.1) is 0 Å². The van der Waals surface area contributed by atoms with Crippen molar-refractivity contribution in [3.05, 3.63) is 53.3 Å². The molecule has 0 saturated carbocycles. The molecule has 0 bridgehead atoms. The van der Waals surface area contributed by atoms with Crippen LogP contribution in [0.1, 0.15) is 35.6 Å². The first-order valence-corrected chi connectivity index (χ1v) is 9.45. The van der Waals surface area contributed by atoms with Gasteiger partial charge < -0.3 is 15.0 Å². The monoisotopic (exact) mass is 481 g/mol. The molecule has 0 amide bonds. The minimum atomic E-state index is 0. The Bertz CT molecular complexity index is 790. The zero-order valence-corrected chi connectivity index (χ0v) is 18.3. The number of nitrogens with one attached hydrogen (secondary N) is 1. The highest BCUT2D eigenvalue weighted by Gasteiger charge is 2.27. The molecule has 1 aromatic heterocycles. The van der Waals surface area contributed by atoms with E-state index in [-0.39, 0.29) is 30.1 Å². The molecule has 0 radical (unpaired) electrons. The van der Waals surface area contributed by atoms with Crippen molar-refractivity contribution < 1.29 is 4.74 Å². The number of benzene rings is 1. The van der Waals surface area contributed by atoms with Gasteiger partial charge >= 0.3 is 0 Å². The van der Waals surface area contributed by atoms with E-state index in [2.05, 4.69) is 46.5 Å². The summed E-state index contributed by atoms with van der Waals surface area (Å²) in [5.74, 6) is 1.55. The summed E-state index contributed by atoms with van der Waals surface area (Å²) in [4.78, 5) is 7.26. The number of aromatic nitrogens is 2. The second-order valence-corrected chi connectivity index (χ2v) is 7.05. The summed E-state index contributed by atoms with van der Waals surface area (Å²) < 4.78 is 7.79. The Morgan fingerprint density at radius 3 is 2.96 bits per heavy atom. The minimum Gasteiger partial charge on any atom is -0.370 e.